The van der Waals surface area contributed by atoms with Crippen LogP contribution < -0.4 is 4.74 Å². The average Bonchev–Trinajstić information content (AvgIpc) is 2.86. The third kappa shape index (κ3) is 2.49. The van der Waals surface area contributed by atoms with Gasteiger partial charge < -0.3 is 4.74 Å². The zero-order chi connectivity index (χ0) is 16.7. The molecule has 2 unspecified atom stereocenters. The van der Waals surface area contributed by atoms with Gasteiger partial charge in [0.1, 0.15) is 11.9 Å². The third-order valence-corrected chi connectivity index (χ3v) is 5.71. The number of hydrogen-bond donors (Lipinski definition) is 0. The number of nitrogens with zero attached hydrogens (tertiary/aromatic N) is 2. The summed E-state index contributed by atoms with van der Waals surface area (Å²) in [5, 5.41) is 0.991. The lowest BCUT2D eigenvalue weighted by Crippen LogP contribution is -2.39. The van der Waals surface area contributed by atoms with Crippen LogP contribution in [0.5, 0.6) is 5.75 Å². The van der Waals surface area contributed by atoms with Crippen molar-refractivity contribution in [1.29, 1.82) is 0 Å². The second kappa shape index (κ2) is 6.17. The molecule has 0 saturated carbocycles. The quantitative estimate of drug-likeness (QED) is 0.792. The van der Waals surface area contributed by atoms with E-state index in [1.807, 2.05) is 30.3 Å². The first-order valence-electron chi connectivity index (χ1n) is 8.64. The predicted molar refractivity (Wildman–Crippen MR) is 93.9 cm³/mol. The van der Waals surface area contributed by atoms with Crippen LogP contribution in [0.2, 0.25) is 0 Å². The van der Waals surface area contributed by atoms with Crippen molar-refractivity contribution >= 4 is 10.9 Å². The van der Waals surface area contributed by atoms with Crippen LogP contribution in [0.25, 0.3) is 10.9 Å². The Morgan fingerprint density at radius 1 is 1.38 bits per heavy atom. The van der Waals surface area contributed by atoms with Gasteiger partial charge in [-0.1, -0.05) is 6.08 Å². The SMILES string of the molecule is C=CC1CN2CC[C@H]1C[C@@H](F)[C@H]2c1ccnc2ccc(OC)cc12. The fourth-order valence-electron chi connectivity index (χ4n) is 4.44. The van der Waals surface area contributed by atoms with E-state index in [9.17, 15) is 0 Å². The molecule has 2 bridgehead atoms. The molecule has 0 radical (unpaired) electrons. The number of alkyl halides is 1. The Labute approximate surface area is 142 Å². The zero-order valence-corrected chi connectivity index (χ0v) is 14.0. The van der Waals surface area contributed by atoms with Crippen LogP contribution in [0.3, 0.4) is 0 Å². The lowest BCUT2D eigenvalue weighted by Gasteiger charge is -2.36. The molecule has 1 aromatic heterocycles. The van der Waals surface area contributed by atoms with Crippen molar-refractivity contribution < 1.29 is 9.13 Å². The van der Waals surface area contributed by atoms with E-state index in [-0.39, 0.29) is 6.04 Å². The molecule has 4 heterocycles. The van der Waals surface area contributed by atoms with Crippen molar-refractivity contribution in [1.82, 2.24) is 9.88 Å². The summed E-state index contributed by atoms with van der Waals surface area (Å²) in [4.78, 5) is 6.74. The maximum atomic E-state index is 15.2. The highest BCUT2D eigenvalue weighted by atomic mass is 19.1. The lowest BCUT2D eigenvalue weighted by molar-refractivity contribution is 0.113. The summed E-state index contributed by atoms with van der Waals surface area (Å²) >= 11 is 0. The van der Waals surface area contributed by atoms with Gasteiger partial charge in [-0.25, -0.2) is 4.39 Å². The number of ether oxygens (including phenoxy) is 1. The summed E-state index contributed by atoms with van der Waals surface area (Å²) in [5.74, 6) is 1.59. The molecule has 24 heavy (non-hydrogen) atoms. The van der Waals surface area contributed by atoms with Gasteiger partial charge in [-0.15, -0.1) is 6.58 Å². The summed E-state index contributed by atoms with van der Waals surface area (Å²) in [6, 6.07) is 7.59. The number of aromatic nitrogens is 1. The molecule has 0 amide bonds. The second-order valence-electron chi connectivity index (χ2n) is 6.92. The van der Waals surface area contributed by atoms with Gasteiger partial charge in [-0.3, -0.25) is 9.88 Å². The fraction of sp³-hybridized carbons (Fsp3) is 0.450. The highest BCUT2D eigenvalue weighted by Gasteiger charge is 2.42. The predicted octanol–water partition coefficient (Wildman–Crippen LogP) is 4.15. The fourth-order valence-corrected chi connectivity index (χ4v) is 4.44. The highest BCUT2D eigenvalue weighted by Crippen LogP contribution is 2.44. The van der Waals surface area contributed by atoms with Crippen LogP contribution in [-0.2, 0) is 0 Å². The Morgan fingerprint density at radius 3 is 3.04 bits per heavy atom. The molecule has 0 aliphatic carbocycles. The van der Waals surface area contributed by atoms with Gasteiger partial charge in [-0.05, 0) is 61.1 Å². The highest BCUT2D eigenvalue weighted by molar-refractivity contribution is 5.84. The van der Waals surface area contributed by atoms with Crippen molar-refractivity contribution in [2.45, 2.75) is 25.1 Å². The summed E-state index contributed by atoms with van der Waals surface area (Å²) < 4.78 is 20.6. The van der Waals surface area contributed by atoms with E-state index >= 15 is 4.39 Å². The molecule has 3 nitrogen and oxygen atoms in total. The smallest absolute Gasteiger partial charge is 0.120 e. The first-order chi connectivity index (χ1) is 11.7. The van der Waals surface area contributed by atoms with Crippen molar-refractivity contribution in [2.75, 3.05) is 20.2 Å². The standard InChI is InChI=1S/C20H23FN2O/c1-3-13-12-23-9-7-14(13)10-18(21)20(23)16-6-8-22-19-5-4-15(24-2)11-17(16)19/h3-6,8,11,13-14,18,20H,1,7,9-10,12H2,2H3/t13?,14-,18+,20+/m0/s1. The molecule has 3 fully saturated rings. The van der Waals surface area contributed by atoms with E-state index < -0.39 is 6.17 Å². The normalized spacial score (nSPS) is 32.5. The van der Waals surface area contributed by atoms with Gasteiger partial charge in [0.05, 0.1) is 18.7 Å². The number of piperidine rings is 1. The lowest BCUT2D eigenvalue weighted by atomic mass is 9.84. The van der Waals surface area contributed by atoms with Crippen molar-refractivity contribution in [3.63, 3.8) is 0 Å². The molecule has 3 saturated heterocycles. The van der Waals surface area contributed by atoms with Gasteiger partial charge in [0, 0.05) is 18.1 Å². The van der Waals surface area contributed by atoms with E-state index in [1.54, 1.807) is 13.3 Å². The molecule has 1 aromatic carbocycles. The molecule has 0 N–H and O–H groups in total. The molecule has 0 spiro atoms. The molecule has 5 rings (SSSR count). The number of benzene rings is 1. The summed E-state index contributed by atoms with van der Waals surface area (Å²) in [6.45, 7) is 5.81. The van der Waals surface area contributed by atoms with Crippen LogP contribution >= 0.6 is 0 Å². The van der Waals surface area contributed by atoms with Crippen LogP contribution in [0.4, 0.5) is 4.39 Å². The number of methoxy groups -OCH3 is 1. The van der Waals surface area contributed by atoms with Gasteiger partial charge >= 0.3 is 0 Å². The van der Waals surface area contributed by atoms with Crippen molar-refractivity contribution in [3.05, 3.63) is 48.7 Å². The minimum Gasteiger partial charge on any atom is -0.497 e. The first kappa shape index (κ1) is 15.6. The summed E-state index contributed by atoms with van der Waals surface area (Å²) in [5.41, 5.74) is 1.91. The Bertz CT molecular complexity index is 762. The number of hydrogen-bond acceptors (Lipinski definition) is 3. The minimum absolute atomic E-state index is 0.211. The van der Waals surface area contributed by atoms with Crippen molar-refractivity contribution in [2.24, 2.45) is 11.8 Å². The maximum absolute atomic E-state index is 15.2. The molecule has 126 valence electrons. The van der Waals surface area contributed by atoms with Gasteiger partial charge in [0.2, 0.25) is 0 Å². The van der Waals surface area contributed by atoms with Crippen LogP contribution in [0, 0.1) is 11.8 Å². The third-order valence-electron chi connectivity index (χ3n) is 5.71. The van der Waals surface area contributed by atoms with E-state index in [1.165, 1.54) is 0 Å². The molecule has 2 aromatic rings. The monoisotopic (exact) mass is 326 g/mol. The van der Waals surface area contributed by atoms with Crippen LogP contribution in [0.1, 0.15) is 24.4 Å². The summed E-state index contributed by atoms with van der Waals surface area (Å²) in [7, 11) is 1.65. The van der Waals surface area contributed by atoms with E-state index in [0.717, 1.165) is 41.7 Å². The summed E-state index contributed by atoms with van der Waals surface area (Å²) in [6.07, 6.45) is 4.62. The largest absolute Gasteiger partial charge is 0.497 e. The molecule has 4 heteroatoms. The molecule has 5 atom stereocenters. The zero-order valence-electron chi connectivity index (χ0n) is 14.0. The molecule has 3 aliphatic rings. The Hall–Kier alpha value is -1.94. The number of halogens is 1. The Morgan fingerprint density at radius 2 is 2.25 bits per heavy atom. The molecular weight excluding hydrogens is 303 g/mol. The maximum Gasteiger partial charge on any atom is 0.120 e. The Balaban J connectivity index is 1.82. The first-order valence-corrected chi connectivity index (χ1v) is 8.64. The van der Waals surface area contributed by atoms with E-state index in [4.69, 9.17) is 4.74 Å². The number of fused-ring (bicyclic) bond motifs is 5. The van der Waals surface area contributed by atoms with E-state index in [0.29, 0.717) is 18.3 Å². The molecule has 3 aliphatic heterocycles. The second-order valence-corrected chi connectivity index (χ2v) is 6.92. The van der Waals surface area contributed by atoms with Crippen LogP contribution in [-0.4, -0.2) is 36.3 Å². The molecular formula is C20H23FN2O. The van der Waals surface area contributed by atoms with Gasteiger partial charge in [0.25, 0.3) is 0 Å². The average molecular weight is 326 g/mol. The van der Waals surface area contributed by atoms with E-state index in [2.05, 4.69) is 16.5 Å². The number of rotatable bonds is 3. The van der Waals surface area contributed by atoms with Gasteiger partial charge in [0.15, 0.2) is 0 Å². The van der Waals surface area contributed by atoms with Crippen molar-refractivity contribution in [3.8, 4) is 5.75 Å². The van der Waals surface area contributed by atoms with Crippen LogP contribution in [0.15, 0.2) is 43.1 Å². The topological polar surface area (TPSA) is 25.4 Å². The minimum atomic E-state index is -0.862. The van der Waals surface area contributed by atoms with Gasteiger partial charge in [-0.2, -0.15) is 0 Å². The number of pyridine rings is 1. The Kier molecular flexibility index (Phi) is 4.01.